The summed E-state index contributed by atoms with van der Waals surface area (Å²) >= 11 is 5.59. The largest absolute Gasteiger partial charge is 0.458 e. The van der Waals surface area contributed by atoms with Gasteiger partial charge in [-0.3, -0.25) is 0 Å². The average molecular weight is 239 g/mol. The molecule has 1 aromatic heterocycles. The Labute approximate surface area is 99.8 Å². The SMILES string of the molecule is Cc1ccc2oc(C(O)CCCCl)cc2c1. The Morgan fingerprint density at radius 2 is 2.19 bits per heavy atom. The molecule has 0 aliphatic rings. The fourth-order valence-electron chi connectivity index (χ4n) is 1.76. The van der Waals surface area contributed by atoms with Gasteiger partial charge in [-0.25, -0.2) is 0 Å². The Hall–Kier alpha value is -0.990. The normalized spacial score (nSPS) is 13.2. The van der Waals surface area contributed by atoms with Crippen molar-refractivity contribution in [3.8, 4) is 0 Å². The molecule has 1 aromatic carbocycles. The van der Waals surface area contributed by atoms with Crippen molar-refractivity contribution in [3.05, 3.63) is 35.6 Å². The van der Waals surface area contributed by atoms with Gasteiger partial charge in [0.05, 0.1) is 0 Å². The number of aliphatic hydroxyl groups excluding tert-OH is 1. The van der Waals surface area contributed by atoms with Gasteiger partial charge in [0, 0.05) is 11.3 Å². The van der Waals surface area contributed by atoms with E-state index in [2.05, 4.69) is 6.07 Å². The number of rotatable bonds is 4. The minimum atomic E-state index is -0.550. The molecule has 1 heterocycles. The summed E-state index contributed by atoms with van der Waals surface area (Å²) in [6, 6.07) is 7.89. The molecule has 1 N–H and O–H groups in total. The van der Waals surface area contributed by atoms with Gasteiger partial charge in [-0.05, 0) is 38.0 Å². The van der Waals surface area contributed by atoms with Gasteiger partial charge in [0.15, 0.2) is 0 Å². The predicted octanol–water partition coefficient (Wildman–Crippen LogP) is 3.79. The lowest BCUT2D eigenvalue weighted by Crippen LogP contribution is -1.95. The molecule has 0 saturated heterocycles. The Kier molecular flexibility index (Phi) is 3.52. The van der Waals surface area contributed by atoms with Gasteiger partial charge in [-0.2, -0.15) is 0 Å². The van der Waals surface area contributed by atoms with Crippen LogP contribution in [0.4, 0.5) is 0 Å². The highest BCUT2D eigenvalue weighted by molar-refractivity contribution is 6.17. The van der Waals surface area contributed by atoms with Crippen molar-refractivity contribution in [2.45, 2.75) is 25.9 Å². The first-order valence-corrected chi connectivity index (χ1v) is 5.98. The van der Waals surface area contributed by atoms with E-state index in [1.54, 1.807) is 0 Å². The van der Waals surface area contributed by atoms with Crippen LogP contribution < -0.4 is 0 Å². The van der Waals surface area contributed by atoms with Crippen molar-refractivity contribution in [2.24, 2.45) is 0 Å². The summed E-state index contributed by atoms with van der Waals surface area (Å²) in [5, 5.41) is 10.9. The molecule has 0 aliphatic carbocycles. The first-order chi connectivity index (χ1) is 7.70. The number of aliphatic hydroxyl groups is 1. The number of benzene rings is 1. The number of hydrogen-bond donors (Lipinski definition) is 1. The van der Waals surface area contributed by atoms with Crippen LogP contribution in [0.3, 0.4) is 0 Å². The van der Waals surface area contributed by atoms with Crippen molar-refractivity contribution in [2.75, 3.05) is 5.88 Å². The molecular formula is C13H15ClO2. The maximum Gasteiger partial charge on any atom is 0.134 e. The van der Waals surface area contributed by atoms with Crippen LogP contribution in [0.5, 0.6) is 0 Å². The molecule has 3 heteroatoms. The third-order valence-electron chi connectivity index (χ3n) is 2.63. The lowest BCUT2D eigenvalue weighted by atomic mass is 10.1. The van der Waals surface area contributed by atoms with Crippen LogP contribution in [-0.4, -0.2) is 11.0 Å². The average Bonchev–Trinajstić information content (AvgIpc) is 2.68. The smallest absolute Gasteiger partial charge is 0.134 e. The number of halogens is 1. The number of hydrogen-bond acceptors (Lipinski definition) is 2. The van der Waals surface area contributed by atoms with Crippen LogP contribution in [0.1, 0.15) is 30.3 Å². The minimum absolute atomic E-state index is 0.550. The van der Waals surface area contributed by atoms with Crippen molar-refractivity contribution < 1.29 is 9.52 Å². The van der Waals surface area contributed by atoms with E-state index in [4.69, 9.17) is 16.0 Å². The Balaban J connectivity index is 2.25. The summed E-state index contributed by atoms with van der Waals surface area (Å²) < 4.78 is 5.59. The molecule has 0 fully saturated rings. The number of alkyl halides is 1. The molecule has 0 amide bonds. The van der Waals surface area contributed by atoms with Crippen LogP contribution in [0, 0.1) is 6.92 Å². The fraction of sp³-hybridized carbons (Fsp3) is 0.385. The summed E-state index contributed by atoms with van der Waals surface area (Å²) in [7, 11) is 0. The number of aryl methyl sites for hydroxylation is 1. The maximum absolute atomic E-state index is 9.87. The number of fused-ring (bicyclic) bond motifs is 1. The third kappa shape index (κ3) is 2.39. The van der Waals surface area contributed by atoms with Crippen molar-refractivity contribution in [1.29, 1.82) is 0 Å². The monoisotopic (exact) mass is 238 g/mol. The molecule has 16 heavy (non-hydrogen) atoms. The first kappa shape index (κ1) is 11.5. The highest BCUT2D eigenvalue weighted by atomic mass is 35.5. The summed E-state index contributed by atoms with van der Waals surface area (Å²) in [5.74, 6) is 1.20. The van der Waals surface area contributed by atoms with Crippen LogP contribution in [0.25, 0.3) is 11.0 Å². The summed E-state index contributed by atoms with van der Waals surface area (Å²) in [5.41, 5.74) is 2.01. The molecule has 0 radical (unpaired) electrons. The van der Waals surface area contributed by atoms with E-state index in [-0.39, 0.29) is 0 Å². The second-order valence-electron chi connectivity index (χ2n) is 4.04. The molecule has 2 rings (SSSR count). The summed E-state index contributed by atoms with van der Waals surface area (Å²) in [6.07, 6.45) is 0.882. The molecule has 0 aliphatic heterocycles. The second kappa shape index (κ2) is 4.89. The number of furan rings is 1. The molecule has 0 saturated carbocycles. The predicted molar refractivity (Wildman–Crippen MR) is 65.9 cm³/mol. The van der Waals surface area contributed by atoms with Crippen molar-refractivity contribution >= 4 is 22.6 Å². The lowest BCUT2D eigenvalue weighted by Gasteiger charge is -2.04. The van der Waals surface area contributed by atoms with Crippen molar-refractivity contribution in [1.82, 2.24) is 0 Å². The quantitative estimate of drug-likeness (QED) is 0.822. The zero-order chi connectivity index (χ0) is 11.5. The molecule has 2 aromatic rings. The van der Waals surface area contributed by atoms with E-state index in [0.29, 0.717) is 18.1 Å². The van der Waals surface area contributed by atoms with Gasteiger partial charge in [-0.1, -0.05) is 11.6 Å². The van der Waals surface area contributed by atoms with Crippen molar-refractivity contribution in [3.63, 3.8) is 0 Å². The molecule has 0 spiro atoms. The zero-order valence-corrected chi connectivity index (χ0v) is 10.00. The van der Waals surface area contributed by atoms with E-state index >= 15 is 0 Å². The molecule has 86 valence electrons. The van der Waals surface area contributed by atoms with E-state index in [1.165, 1.54) is 5.56 Å². The van der Waals surface area contributed by atoms with Gasteiger partial charge in [0.2, 0.25) is 0 Å². The lowest BCUT2D eigenvalue weighted by molar-refractivity contribution is 0.142. The second-order valence-corrected chi connectivity index (χ2v) is 4.42. The maximum atomic E-state index is 9.87. The van der Waals surface area contributed by atoms with Crippen LogP contribution in [0.15, 0.2) is 28.7 Å². The minimum Gasteiger partial charge on any atom is -0.458 e. The molecule has 0 bridgehead atoms. The highest BCUT2D eigenvalue weighted by Crippen LogP contribution is 2.27. The van der Waals surface area contributed by atoms with Gasteiger partial charge in [0.1, 0.15) is 17.4 Å². The molecule has 2 nitrogen and oxygen atoms in total. The van der Waals surface area contributed by atoms with E-state index in [0.717, 1.165) is 17.4 Å². The van der Waals surface area contributed by atoms with Crippen LogP contribution >= 0.6 is 11.6 Å². The topological polar surface area (TPSA) is 33.4 Å². The highest BCUT2D eigenvalue weighted by Gasteiger charge is 2.12. The van der Waals surface area contributed by atoms with Crippen LogP contribution in [-0.2, 0) is 0 Å². The first-order valence-electron chi connectivity index (χ1n) is 5.45. The van der Waals surface area contributed by atoms with E-state index in [9.17, 15) is 5.11 Å². The van der Waals surface area contributed by atoms with E-state index in [1.807, 2.05) is 25.1 Å². The van der Waals surface area contributed by atoms with Gasteiger partial charge < -0.3 is 9.52 Å². The van der Waals surface area contributed by atoms with Gasteiger partial charge in [0.25, 0.3) is 0 Å². The fourth-order valence-corrected chi connectivity index (χ4v) is 1.91. The van der Waals surface area contributed by atoms with Crippen LogP contribution in [0.2, 0.25) is 0 Å². The summed E-state index contributed by atoms with van der Waals surface area (Å²) in [6.45, 7) is 2.04. The molecule has 1 unspecified atom stereocenters. The third-order valence-corrected chi connectivity index (χ3v) is 2.90. The van der Waals surface area contributed by atoms with Gasteiger partial charge in [-0.15, -0.1) is 11.6 Å². The standard InChI is InChI=1S/C13H15ClO2/c1-9-4-5-12-10(7-9)8-13(16-12)11(15)3-2-6-14/h4-5,7-8,11,15H,2-3,6H2,1H3. The Morgan fingerprint density at radius 1 is 1.38 bits per heavy atom. The van der Waals surface area contributed by atoms with E-state index < -0.39 is 6.10 Å². The molecule has 1 atom stereocenters. The Bertz CT molecular complexity index is 476. The zero-order valence-electron chi connectivity index (χ0n) is 9.24. The Morgan fingerprint density at radius 3 is 2.94 bits per heavy atom. The molecular weight excluding hydrogens is 224 g/mol. The van der Waals surface area contributed by atoms with Gasteiger partial charge >= 0.3 is 0 Å². The summed E-state index contributed by atoms with van der Waals surface area (Å²) in [4.78, 5) is 0.